The highest BCUT2D eigenvalue weighted by Crippen LogP contribution is 2.30. The first-order chi connectivity index (χ1) is 9.49. The van der Waals surface area contributed by atoms with Crippen molar-refractivity contribution in [3.8, 4) is 0 Å². The van der Waals surface area contributed by atoms with Crippen LogP contribution in [0.3, 0.4) is 0 Å². The summed E-state index contributed by atoms with van der Waals surface area (Å²) in [6.45, 7) is 1.97. The number of nitrogens with two attached hydrogens (primary N) is 2. The normalized spacial score (nSPS) is 10.7. The Bertz CT molecular complexity index is 734. The second-order valence-corrected chi connectivity index (χ2v) is 4.45. The van der Waals surface area contributed by atoms with E-state index in [0.717, 1.165) is 12.5 Å². The maximum atomic E-state index is 12.1. The van der Waals surface area contributed by atoms with Crippen LogP contribution >= 0.6 is 0 Å². The largest absolute Gasteiger partial charge is 0.463 e. The molecule has 0 fully saturated rings. The van der Waals surface area contributed by atoms with E-state index < -0.39 is 5.97 Å². The lowest BCUT2D eigenvalue weighted by Gasteiger charge is -2.11. The van der Waals surface area contributed by atoms with Crippen LogP contribution in [0.4, 0.5) is 11.4 Å². The van der Waals surface area contributed by atoms with Crippen LogP contribution < -0.4 is 16.9 Å². The molecule has 106 valence electrons. The first-order valence-corrected chi connectivity index (χ1v) is 6.22. The molecule has 0 saturated carbocycles. The molecule has 0 aliphatic heterocycles. The number of esters is 1. The van der Waals surface area contributed by atoms with E-state index >= 15 is 0 Å². The maximum Gasteiger partial charge on any atom is 0.374 e. The number of hydrogen-bond acceptors (Lipinski definition) is 6. The third kappa shape index (κ3) is 2.20. The number of hydrogen-bond donors (Lipinski definition) is 2. The van der Waals surface area contributed by atoms with E-state index in [-0.39, 0.29) is 11.2 Å². The number of ether oxygens (including phenoxy) is 1. The lowest BCUT2D eigenvalue weighted by molar-refractivity contribution is 0.0565. The number of carbonyl (C=O) groups excluding carboxylic acids is 1. The summed E-state index contributed by atoms with van der Waals surface area (Å²) in [4.78, 5) is 23.6. The fourth-order valence-electron chi connectivity index (χ4n) is 2.09. The molecule has 4 N–H and O–H groups in total. The zero-order valence-corrected chi connectivity index (χ0v) is 11.4. The summed E-state index contributed by atoms with van der Waals surface area (Å²) in [5, 5.41) is 0.313. The summed E-state index contributed by atoms with van der Waals surface area (Å²) >= 11 is 0. The molecule has 0 amide bonds. The Morgan fingerprint density at radius 3 is 2.65 bits per heavy atom. The van der Waals surface area contributed by atoms with Crippen molar-refractivity contribution >= 4 is 28.3 Å². The third-order valence-electron chi connectivity index (χ3n) is 3.08. The Morgan fingerprint density at radius 1 is 1.35 bits per heavy atom. The van der Waals surface area contributed by atoms with Gasteiger partial charge in [-0.05, 0) is 12.5 Å². The number of benzene rings is 1. The fourth-order valence-corrected chi connectivity index (χ4v) is 2.09. The van der Waals surface area contributed by atoms with Gasteiger partial charge in [0.1, 0.15) is 5.58 Å². The Balaban J connectivity index is 2.85. The average molecular weight is 276 g/mol. The highest BCUT2D eigenvalue weighted by molar-refractivity contribution is 5.94. The van der Waals surface area contributed by atoms with E-state index in [0.29, 0.717) is 34.3 Å². The number of aryl methyl sites for hydroxylation is 1. The highest BCUT2D eigenvalue weighted by atomic mass is 16.5. The number of nitrogen functional groups attached to an aromatic ring is 2. The van der Waals surface area contributed by atoms with Gasteiger partial charge in [-0.3, -0.25) is 4.79 Å². The van der Waals surface area contributed by atoms with Crippen LogP contribution in [0.1, 0.15) is 29.5 Å². The van der Waals surface area contributed by atoms with Crippen molar-refractivity contribution in [1.82, 2.24) is 0 Å². The molecule has 6 nitrogen and oxygen atoms in total. The van der Waals surface area contributed by atoms with Gasteiger partial charge in [-0.1, -0.05) is 13.3 Å². The van der Waals surface area contributed by atoms with Crippen molar-refractivity contribution < 1.29 is 13.9 Å². The van der Waals surface area contributed by atoms with Crippen LogP contribution in [0, 0.1) is 0 Å². The van der Waals surface area contributed by atoms with Crippen LogP contribution in [-0.4, -0.2) is 13.1 Å². The monoisotopic (exact) mass is 276 g/mol. The summed E-state index contributed by atoms with van der Waals surface area (Å²) in [6, 6.07) is 2.57. The zero-order chi connectivity index (χ0) is 14.9. The van der Waals surface area contributed by atoms with Crippen LogP contribution in [0.2, 0.25) is 0 Å². The maximum absolute atomic E-state index is 12.1. The smallest absolute Gasteiger partial charge is 0.374 e. The molecule has 1 aromatic carbocycles. The van der Waals surface area contributed by atoms with E-state index in [2.05, 4.69) is 4.74 Å². The second kappa shape index (κ2) is 5.24. The van der Waals surface area contributed by atoms with Crippen LogP contribution in [0.5, 0.6) is 0 Å². The molecule has 2 aromatic rings. The van der Waals surface area contributed by atoms with Crippen molar-refractivity contribution in [2.24, 2.45) is 0 Å². The molecular formula is C14H16N2O4. The Kier molecular flexibility index (Phi) is 3.65. The van der Waals surface area contributed by atoms with Gasteiger partial charge in [0.25, 0.3) is 0 Å². The molecule has 0 radical (unpaired) electrons. The molecule has 0 aliphatic carbocycles. The molecule has 0 bridgehead atoms. The van der Waals surface area contributed by atoms with Gasteiger partial charge in [0.2, 0.25) is 5.76 Å². The van der Waals surface area contributed by atoms with Crippen molar-refractivity contribution in [1.29, 1.82) is 0 Å². The van der Waals surface area contributed by atoms with Crippen molar-refractivity contribution in [3.63, 3.8) is 0 Å². The zero-order valence-electron chi connectivity index (χ0n) is 11.4. The van der Waals surface area contributed by atoms with Gasteiger partial charge in [-0.2, -0.15) is 0 Å². The van der Waals surface area contributed by atoms with Crippen molar-refractivity contribution in [2.45, 2.75) is 19.8 Å². The molecular weight excluding hydrogens is 260 g/mol. The fraction of sp³-hybridized carbons (Fsp3) is 0.286. The van der Waals surface area contributed by atoms with E-state index in [1.807, 2.05) is 6.92 Å². The predicted molar refractivity (Wildman–Crippen MR) is 76.6 cm³/mol. The molecule has 1 aromatic heterocycles. The van der Waals surface area contributed by atoms with Gasteiger partial charge in [-0.15, -0.1) is 0 Å². The van der Waals surface area contributed by atoms with Gasteiger partial charge in [0.15, 0.2) is 5.43 Å². The number of methoxy groups -OCH3 is 1. The molecule has 2 rings (SSSR count). The van der Waals surface area contributed by atoms with Gasteiger partial charge in [0, 0.05) is 11.6 Å². The van der Waals surface area contributed by atoms with Gasteiger partial charge >= 0.3 is 5.97 Å². The van der Waals surface area contributed by atoms with Crippen molar-refractivity contribution in [3.05, 3.63) is 33.7 Å². The third-order valence-corrected chi connectivity index (χ3v) is 3.08. The lowest BCUT2D eigenvalue weighted by atomic mass is 10.0. The van der Waals surface area contributed by atoms with E-state index in [4.69, 9.17) is 15.9 Å². The number of carbonyl (C=O) groups is 1. The quantitative estimate of drug-likeness (QED) is 0.652. The van der Waals surface area contributed by atoms with Crippen molar-refractivity contribution in [2.75, 3.05) is 18.6 Å². The SMILES string of the molecule is CCCc1c(N)c(N)cc2c(=O)cc(C(=O)OC)oc12. The average Bonchev–Trinajstić information content (AvgIpc) is 2.43. The van der Waals surface area contributed by atoms with E-state index in [9.17, 15) is 9.59 Å². The minimum Gasteiger partial charge on any atom is -0.463 e. The molecule has 1 heterocycles. The number of fused-ring (bicyclic) bond motifs is 1. The molecule has 0 atom stereocenters. The lowest BCUT2D eigenvalue weighted by Crippen LogP contribution is -2.11. The molecule has 0 spiro atoms. The molecule has 0 aliphatic rings. The van der Waals surface area contributed by atoms with E-state index in [1.54, 1.807) is 0 Å². The van der Waals surface area contributed by atoms with Crippen LogP contribution in [0.15, 0.2) is 21.3 Å². The van der Waals surface area contributed by atoms with Gasteiger partial charge in [0.05, 0.1) is 23.9 Å². The number of anilines is 2. The predicted octanol–water partition coefficient (Wildman–Crippen LogP) is 1.70. The minimum absolute atomic E-state index is 0.147. The molecule has 0 saturated heterocycles. The summed E-state index contributed by atoms with van der Waals surface area (Å²) in [5.41, 5.74) is 13.1. The summed E-state index contributed by atoms with van der Waals surface area (Å²) in [7, 11) is 1.22. The number of rotatable bonds is 3. The summed E-state index contributed by atoms with van der Waals surface area (Å²) in [6.07, 6.45) is 1.40. The second-order valence-electron chi connectivity index (χ2n) is 4.45. The van der Waals surface area contributed by atoms with Gasteiger partial charge in [-0.25, -0.2) is 4.79 Å². The molecule has 20 heavy (non-hydrogen) atoms. The molecule has 0 unspecified atom stereocenters. The standard InChI is InChI=1S/C14H16N2O4/c1-3-4-7-12(16)9(15)5-8-10(17)6-11(14(18)19-2)20-13(7)8/h5-6H,3-4,15-16H2,1-2H3. The molecule has 6 heteroatoms. The summed E-state index contributed by atoms with van der Waals surface area (Å²) < 4.78 is 10.1. The Hall–Kier alpha value is -2.50. The van der Waals surface area contributed by atoms with Gasteiger partial charge < -0.3 is 20.6 Å². The first kappa shape index (κ1) is 13.9. The van der Waals surface area contributed by atoms with E-state index in [1.165, 1.54) is 13.2 Å². The summed E-state index contributed by atoms with van der Waals surface area (Å²) in [5.74, 6) is -0.853. The van der Waals surface area contributed by atoms with Crippen LogP contribution in [0.25, 0.3) is 11.0 Å². The minimum atomic E-state index is -0.707. The Labute approximate surface area is 115 Å². The Morgan fingerprint density at radius 2 is 2.05 bits per heavy atom. The highest BCUT2D eigenvalue weighted by Gasteiger charge is 2.17. The topological polar surface area (TPSA) is 109 Å². The first-order valence-electron chi connectivity index (χ1n) is 6.22. The van der Waals surface area contributed by atoms with Crippen LogP contribution in [-0.2, 0) is 11.2 Å².